The molecular formula is C20H24O4. The Bertz CT molecular complexity index is 602. The number of allylic oxidation sites excluding steroid dienone is 2. The minimum atomic E-state index is -0.138. The van der Waals surface area contributed by atoms with Crippen LogP contribution in [0.5, 0.6) is 0 Å². The van der Waals surface area contributed by atoms with Gasteiger partial charge in [-0.1, -0.05) is 30.3 Å². The summed E-state index contributed by atoms with van der Waals surface area (Å²) in [6, 6.07) is 10.2. The van der Waals surface area contributed by atoms with Crippen LogP contribution in [0.25, 0.3) is 0 Å². The minimum absolute atomic E-state index is 0.0335. The fourth-order valence-electron chi connectivity index (χ4n) is 3.70. The van der Waals surface area contributed by atoms with E-state index in [-0.39, 0.29) is 30.5 Å². The molecule has 0 aromatic heterocycles. The third-order valence-electron chi connectivity index (χ3n) is 4.93. The summed E-state index contributed by atoms with van der Waals surface area (Å²) in [5, 5.41) is 0. The molecule has 1 fully saturated rings. The molecule has 0 amide bonds. The number of hydrogen-bond donors (Lipinski definition) is 0. The number of hydrogen-bond acceptors (Lipinski definition) is 4. The number of fused-ring (bicyclic) bond motifs is 2. The van der Waals surface area contributed by atoms with Crippen molar-refractivity contribution in [2.75, 3.05) is 0 Å². The maximum atomic E-state index is 6.32. The Balaban J connectivity index is 1.56. The first-order valence-electron chi connectivity index (χ1n) is 8.68. The Morgan fingerprint density at radius 3 is 2.08 bits per heavy atom. The van der Waals surface area contributed by atoms with E-state index in [1.807, 2.05) is 32.0 Å². The van der Waals surface area contributed by atoms with Crippen molar-refractivity contribution in [2.45, 2.75) is 63.8 Å². The number of rotatable bonds is 3. The predicted octanol–water partition coefficient (Wildman–Crippen LogP) is 3.72. The average molecular weight is 328 g/mol. The molecule has 0 saturated carbocycles. The van der Waals surface area contributed by atoms with Gasteiger partial charge in [0.2, 0.25) is 0 Å². The summed E-state index contributed by atoms with van der Waals surface area (Å²) >= 11 is 0. The summed E-state index contributed by atoms with van der Waals surface area (Å²) < 4.78 is 24.7. The topological polar surface area (TPSA) is 36.9 Å². The maximum Gasteiger partial charge on any atom is 0.154 e. The zero-order valence-corrected chi connectivity index (χ0v) is 14.2. The molecule has 5 atom stereocenters. The van der Waals surface area contributed by atoms with Crippen LogP contribution in [0.1, 0.15) is 32.3 Å². The van der Waals surface area contributed by atoms with Gasteiger partial charge in [0.25, 0.3) is 0 Å². The second-order valence-corrected chi connectivity index (χ2v) is 6.74. The predicted molar refractivity (Wildman–Crippen MR) is 90.2 cm³/mol. The second kappa shape index (κ2) is 6.61. The molecule has 3 heterocycles. The molecule has 128 valence electrons. The van der Waals surface area contributed by atoms with Crippen molar-refractivity contribution in [1.29, 1.82) is 0 Å². The normalized spacial score (nSPS) is 34.8. The Hall–Kier alpha value is -1.78. The lowest BCUT2D eigenvalue weighted by Crippen LogP contribution is -2.61. The van der Waals surface area contributed by atoms with Gasteiger partial charge in [-0.05, 0) is 44.4 Å². The van der Waals surface area contributed by atoms with Gasteiger partial charge in [0.05, 0.1) is 18.1 Å². The van der Waals surface area contributed by atoms with Crippen molar-refractivity contribution in [3.8, 4) is 0 Å². The molecular weight excluding hydrogens is 304 g/mol. The Morgan fingerprint density at radius 1 is 0.917 bits per heavy atom. The smallest absolute Gasteiger partial charge is 0.154 e. The van der Waals surface area contributed by atoms with Gasteiger partial charge in [0.15, 0.2) is 12.2 Å². The standard InChI is InChI=1S/C20H24O4/c1-13-8-10-16-18(22-13)20(21-12-15-6-4-3-5-7-15)19-17(24-16)11-9-14(2)23-19/h3-9,16-20H,10-12H2,1-2H3/t16-,17+,18-,19+,20?. The molecule has 0 bridgehead atoms. The largest absolute Gasteiger partial charge is 0.490 e. The molecule has 1 saturated heterocycles. The lowest BCUT2D eigenvalue weighted by atomic mass is 9.89. The van der Waals surface area contributed by atoms with E-state index in [4.69, 9.17) is 18.9 Å². The van der Waals surface area contributed by atoms with Gasteiger partial charge in [-0.2, -0.15) is 0 Å². The SMILES string of the molecule is CC1=CC[C@@H]2O[C@@H]3CC=C(C)O[C@H]3C(OCc3ccccc3)[C@H]2O1. The molecule has 0 spiro atoms. The highest BCUT2D eigenvalue weighted by molar-refractivity contribution is 5.14. The van der Waals surface area contributed by atoms with Crippen LogP contribution in [0.3, 0.4) is 0 Å². The highest BCUT2D eigenvalue weighted by Crippen LogP contribution is 2.37. The first-order chi connectivity index (χ1) is 11.7. The van der Waals surface area contributed by atoms with Gasteiger partial charge in [0, 0.05) is 0 Å². The minimum Gasteiger partial charge on any atom is -0.490 e. The molecule has 4 heteroatoms. The molecule has 1 aromatic rings. The van der Waals surface area contributed by atoms with Crippen LogP contribution in [-0.4, -0.2) is 30.5 Å². The molecule has 4 rings (SSSR count). The van der Waals surface area contributed by atoms with Crippen LogP contribution in [0.15, 0.2) is 54.0 Å². The maximum absolute atomic E-state index is 6.32. The summed E-state index contributed by atoms with van der Waals surface area (Å²) in [6.07, 6.45) is 5.62. The van der Waals surface area contributed by atoms with Gasteiger partial charge >= 0.3 is 0 Å². The van der Waals surface area contributed by atoms with Crippen LogP contribution in [0.4, 0.5) is 0 Å². The van der Waals surface area contributed by atoms with E-state index < -0.39 is 0 Å². The lowest BCUT2D eigenvalue weighted by Gasteiger charge is -2.48. The van der Waals surface area contributed by atoms with E-state index in [1.54, 1.807) is 0 Å². The molecule has 1 aromatic carbocycles. The molecule has 4 nitrogen and oxygen atoms in total. The van der Waals surface area contributed by atoms with Crippen LogP contribution in [-0.2, 0) is 25.6 Å². The highest BCUT2D eigenvalue weighted by Gasteiger charge is 2.50. The quantitative estimate of drug-likeness (QED) is 0.847. The fraction of sp³-hybridized carbons (Fsp3) is 0.500. The van der Waals surface area contributed by atoms with Gasteiger partial charge in [-0.3, -0.25) is 0 Å². The monoisotopic (exact) mass is 328 g/mol. The average Bonchev–Trinajstić information content (AvgIpc) is 2.60. The Kier molecular flexibility index (Phi) is 4.33. The Labute approximate surface area is 143 Å². The van der Waals surface area contributed by atoms with Crippen molar-refractivity contribution < 1.29 is 18.9 Å². The lowest BCUT2D eigenvalue weighted by molar-refractivity contribution is -0.251. The van der Waals surface area contributed by atoms with Gasteiger partial charge in [-0.15, -0.1) is 0 Å². The first-order valence-corrected chi connectivity index (χ1v) is 8.68. The highest BCUT2D eigenvalue weighted by atomic mass is 16.6. The third-order valence-corrected chi connectivity index (χ3v) is 4.93. The van der Waals surface area contributed by atoms with Crippen molar-refractivity contribution >= 4 is 0 Å². The van der Waals surface area contributed by atoms with E-state index >= 15 is 0 Å². The van der Waals surface area contributed by atoms with Gasteiger partial charge < -0.3 is 18.9 Å². The van der Waals surface area contributed by atoms with E-state index in [0.29, 0.717) is 6.61 Å². The van der Waals surface area contributed by atoms with Crippen molar-refractivity contribution in [2.24, 2.45) is 0 Å². The van der Waals surface area contributed by atoms with Gasteiger partial charge in [0.1, 0.15) is 18.3 Å². The van der Waals surface area contributed by atoms with Crippen molar-refractivity contribution in [1.82, 2.24) is 0 Å². The molecule has 0 aliphatic carbocycles. The van der Waals surface area contributed by atoms with Crippen molar-refractivity contribution in [3.63, 3.8) is 0 Å². The van der Waals surface area contributed by atoms with Crippen LogP contribution in [0, 0.1) is 0 Å². The first kappa shape index (κ1) is 15.7. The van der Waals surface area contributed by atoms with E-state index in [1.165, 1.54) is 0 Å². The van der Waals surface area contributed by atoms with Gasteiger partial charge in [-0.25, -0.2) is 0 Å². The van der Waals surface area contributed by atoms with E-state index in [0.717, 1.165) is 29.9 Å². The van der Waals surface area contributed by atoms with E-state index in [9.17, 15) is 0 Å². The zero-order valence-electron chi connectivity index (χ0n) is 14.2. The van der Waals surface area contributed by atoms with Crippen LogP contribution < -0.4 is 0 Å². The van der Waals surface area contributed by atoms with E-state index in [2.05, 4.69) is 24.3 Å². The second-order valence-electron chi connectivity index (χ2n) is 6.74. The van der Waals surface area contributed by atoms with Crippen LogP contribution in [0.2, 0.25) is 0 Å². The summed E-state index contributed by atoms with van der Waals surface area (Å²) in [4.78, 5) is 0. The molecule has 0 radical (unpaired) electrons. The summed E-state index contributed by atoms with van der Waals surface area (Å²) in [5.41, 5.74) is 1.16. The Morgan fingerprint density at radius 2 is 1.50 bits per heavy atom. The molecule has 0 N–H and O–H groups in total. The molecule has 24 heavy (non-hydrogen) atoms. The van der Waals surface area contributed by atoms with Crippen LogP contribution >= 0.6 is 0 Å². The van der Waals surface area contributed by atoms with Crippen molar-refractivity contribution in [3.05, 3.63) is 59.6 Å². The molecule has 3 aliphatic rings. The summed E-state index contributed by atoms with van der Waals surface area (Å²) in [7, 11) is 0. The number of ether oxygens (including phenoxy) is 4. The zero-order chi connectivity index (χ0) is 16.5. The molecule has 3 aliphatic heterocycles. The molecule has 1 unspecified atom stereocenters. The summed E-state index contributed by atoms with van der Waals surface area (Å²) in [6.45, 7) is 4.53. The third kappa shape index (κ3) is 3.08. The number of benzene rings is 1. The fourth-order valence-corrected chi connectivity index (χ4v) is 3.70. The summed E-state index contributed by atoms with van der Waals surface area (Å²) in [5.74, 6) is 1.88.